The summed E-state index contributed by atoms with van der Waals surface area (Å²) in [5.41, 5.74) is 1.25. The third kappa shape index (κ3) is 8.22. The molecular formula is C22H27N3O5. The summed E-state index contributed by atoms with van der Waals surface area (Å²) in [6.45, 7) is 5.77. The van der Waals surface area contributed by atoms with Gasteiger partial charge in [0.1, 0.15) is 11.4 Å². The van der Waals surface area contributed by atoms with E-state index in [4.69, 9.17) is 4.74 Å². The van der Waals surface area contributed by atoms with Crippen molar-refractivity contribution in [2.24, 2.45) is 0 Å². The van der Waals surface area contributed by atoms with Gasteiger partial charge in [0.05, 0.1) is 0 Å². The highest BCUT2D eigenvalue weighted by Crippen LogP contribution is 2.12. The number of aromatic hydroxyl groups is 1. The summed E-state index contributed by atoms with van der Waals surface area (Å²) in [7, 11) is 0. The van der Waals surface area contributed by atoms with Crippen LogP contribution in [-0.2, 0) is 16.1 Å². The molecule has 0 aromatic heterocycles. The first-order chi connectivity index (χ1) is 14.1. The lowest BCUT2D eigenvalue weighted by atomic mass is 10.1. The molecule has 0 radical (unpaired) electrons. The molecule has 160 valence electrons. The summed E-state index contributed by atoms with van der Waals surface area (Å²) < 4.78 is 5.10. The minimum Gasteiger partial charge on any atom is -0.508 e. The minimum atomic E-state index is -0.587. The maximum atomic E-state index is 12.1. The van der Waals surface area contributed by atoms with Crippen LogP contribution in [0.15, 0.2) is 48.5 Å². The number of ether oxygens (including phenoxy) is 1. The SMILES string of the molecule is CC(C)(C)OC(=O)NCCC(=O)Nc1ccc(CNC(=O)c2cccc(O)c2)cc1. The molecule has 0 atom stereocenters. The van der Waals surface area contributed by atoms with Gasteiger partial charge in [-0.15, -0.1) is 0 Å². The number of alkyl carbamates (subject to hydrolysis) is 1. The normalized spacial score (nSPS) is 10.8. The van der Waals surface area contributed by atoms with Crippen LogP contribution >= 0.6 is 0 Å². The largest absolute Gasteiger partial charge is 0.508 e. The molecule has 0 fully saturated rings. The highest BCUT2D eigenvalue weighted by molar-refractivity contribution is 5.94. The fraction of sp³-hybridized carbons (Fsp3) is 0.318. The van der Waals surface area contributed by atoms with E-state index in [0.717, 1.165) is 5.56 Å². The zero-order chi connectivity index (χ0) is 22.1. The molecule has 30 heavy (non-hydrogen) atoms. The Morgan fingerprint density at radius 3 is 2.33 bits per heavy atom. The Kier molecular flexibility index (Phi) is 7.80. The minimum absolute atomic E-state index is 0.0315. The molecule has 0 bridgehead atoms. The van der Waals surface area contributed by atoms with Crippen molar-refractivity contribution in [2.45, 2.75) is 39.3 Å². The predicted octanol–water partition coefficient (Wildman–Crippen LogP) is 3.18. The number of phenols is 1. The van der Waals surface area contributed by atoms with E-state index in [-0.39, 0.29) is 30.5 Å². The number of hydrogen-bond donors (Lipinski definition) is 4. The molecule has 2 aromatic rings. The highest BCUT2D eigenvalue weighted by Gasteiger charge is 2.15. The van der Waals surface area contributed by atoms with Crippen LogP contribution in [0.2, 0.25) is 0 Å². The monoisotopic (exact) mass is 413 g/mol. The van der Waals surface area contributed by atoms with Gasteiger partial charge in [-0.25, -0.2) is 4.79 Å². The zero-order valence-electron chi connectivity index (χ0n) is 17.3. The maximum absolute atomic E-state index is 12.1. The smallest absolute Gasteiger partial charge is 0.407 e. The Hall–Kier alpha value is -3.55. The number of phenolic OH excluding ortho intramolecular Hbond substituents is 1. The first-order valence-corrected chi connectivity index (χ1v) is 9.55. The van der Waals surface area contributed by atoms with E-state index in [9.17, 15) is 19.5 Å². The van der Waals surface area contributed by atoms with Gasteiger partial charge in [0.15, 0.2) is 0 Å². The summed E-state index contributed by atoms with van der Waals surface area (Å²) >= 11 is 0. The molecule has 0 saturated carbocycles. The van der Waals surface area contributed by atoms with Crippen molar-refractivity contribution >= 4 is 23.6 Å². The Morgan fingerprint density at radius 2 is 1.70 bits per heavy atom. The molecule has 3 amide bonds. The van der Waals surface area contributed by atoms with Crippen molar-refractivity contribution in [3.8, 4) is 5.75 Å². The van der Waals surface area contributed by atoms with Gasteiger partial charge in [-0.05, 0) is 56.7 Å². The van der Waals surface area contributed by atoms with Gasteiger partial charge >= 0.3 is 6.09 Å². The fourth-order valence-corrected chi connectivity index (χ4v) is 2.45. The van der Waals surface area contributed by atoms with Gasteiger partial charge in [-0.2, -0.15) is 0 Å². The molecule has 4 N–H and O–H groups in total. The molecule has 0 saturated heterocycles. The highest BCUT2D eigenvalue weighted by atomic mass is 16.6. The van der Waals surface area contributed by atoms with Gasteiger partial charge in [0, 0.05) is 30.8 Å². The molecule has 2 aromatic carbocycles. The van der Waals surface area contributed by atoms with Crippen molar-refractivity contribution in [2.75, 3.05) is 11.9 Å². The van der Waals surface area contributed by atoms with E-state index >= 15 is 0 Å². The van der Waals surface area contributed by atoms with Crippen molar-refractivity contribution in [3.05, 3.63) is 59.7 Å². The van der Waals surface area contributed by atoms with Crippen LogP contribution in [0.5, 0.6) is 5.75 Å². The summed E-state index contributed by atoms with van der Waals surface area (Å²) in [5.74, 6) is -0.499. The third-order valence-corrected chi connectivity index (χ3v) is 3.82. The second kappa shape index (κ2) is 10.3. The maximum Gasteiger partial charge on any atom is 0.407 e. The third-order valence-electron chi connectivity index (χ3n) is 3.82. The lowest BCUT2D eigenvalue weighted by Gasteiger charge is -2.19. The molecule has 0 unspecified atom stereocenters. The molecule has 8 nitrogen and oxygen atoms in total. The predicted molar refractivity (Wildman–Crippen MR) is 113 cm³/mol. The van der Waals surface area contributed by atoms with E-state index in [1.165, 1.54) is 12.1 Å². The molecule has 0 spiro atoms. The molecular weight excluding hydrogens is 386 g/mol. The number of carbonyl (C=O) groups excluding carboxylic acids is 3. The fourth-order valence-electron chi connectivity index (χ4n) is 2.45. The Bertz CT molecular complexity index is 888. The number of carbonyl (C=O) groups is 3. The van der Waals surface area contributed by atoms with Crippen molar-refractivity contribution < 1.29 is 24.2 Å². The molecule has 0 heterocycles. The number of nitrogens with one attached hydrogen (secondary N) is 3. The van der Waals surface area contributed by atoms with Crippen LogP contribution < -0.4 is 16.0 Å². The van der Waals surface area contributed by atoms with Crippen molar-refractivity contribution in [3.63, 3.8) is 0 Å². The number of anilines is 1. The summed E-state index contributed by atoms with van der Waals surface area (Å²) in [6.07, 6.45) is -0.451. The molecule has 8 heteroatoms. The number of rotatable bonds is 7. The van der Waals surface area contributed by atoms with Crippen LogP contribution in [0, 0.1) is 0 Å². The Balaban J connectivity index is 1.74. The topological polar surface area (TPSA) is 117 Å². The zero-order valence-corrected chi connectivity index (χ0v) is 17.3. The van der Waals surface area contributed by atoms with Gasteiger partial charge < -0.3 is 25.8 Å². The molecule has 0 aliphatic rings. The van der Waals surface area contributed by atoms with E-state index in [2.05, 4.69) is 16.0 Å². The first-order valence-electron chi connectivity index (χ1n) is 9.55. The molecule has 0 aliphatic carbocycles. The number of benzene rings is 2. The second-order valence-corrected chi connectivity index (χ2v) is 7.66. The summed E-state index contributed by atoms with van der Waals surface area (Å²) in [4.78, 5) is 35.6. The summed E-state index contributed by atoms with van der Waals surface area (Å²) in [6, 6.07) is 13.2. The average molecular weight is 413 g/mol. The van der Waals surface area contributed by atoms with E-state index < -0.39 is 11.7 Å². The first kappa shape index (κ1) is 22.7. The van der Waals surface area contributed by atoms with Gasteiger partial charge in [0.25, 0.3) is 5.91 Å². The van der Waals surface area contributed by atoms with Crippen LogP contribution in [0.4, 0.5) is 10.5 Å². The van der Waals surface area contributed by atoms with Gasteiger partial charge in [-0.3, -0.25) is 9.59 Å². The number of amides is 3. The Labute approximate surface area is 175 Å². The molecule has 2 rings (SSSR count). The Morgan fingerprint density at radius 1 is 1.00 bits per heavy atom. The van der Waals surface area contributed by atoms with Crippen LogP contribution in [0.25, 0.3) is 0 Å². The lowest BCUT2D eigenvalue weighted by molar-refractivity contribution is -0.116. The van der Waals surface area contributed by atoms with E-state index in [1.54, 1.807) is 57.2 Å². The van der Waals surface area contributed by atoms with E-state index in [1.807, 2.05) is 0 Å². The standard InChI is InChI=1S/C22H27N3O5/c1-22(2,3)30-21(29)23-12-11-19(27)25-17-9-7-15(8-10-17)14-24-20(28)16-5-4-6-18(26)13-16/h4-10,13,26H,11-12,14H2,1-3H3,(H,23,29)(H,24,28)(H,25,27). The van der Waals surface area contributed by atoms with E-state index in [0.29, 0.717) is 17.8 Å². The van der Waals surface area contributed by atoms with Crippen LogP contribution in [-0.4, -0.2) is 35.2 Å². The average Bonchev–Trinajstić information content (AvgIpc) is 2.65. The lowest BCUT2D eigenvalue weighted by Crippen LogP contribution is -2.34. The van der Waals surface area contributed by atoms with Crippen LogP contribution in [0.1, 0.15) is 43.1 Å². The number of hydrogen-bond acceptors (Lipinski definition) is 5. The van der Waals surface area contributed by atoms with Gasteiger partial charge in [0.2, 0.25) is 5.91 Å². The molecule has 0 aliphatic heterocycles. The van der Waals surface area contributed by atoms with Gasteiger partial charge in [-0.1, -0.05) is 18.2 Å². The van der Waals surface area contributed by atoms with Crippen LogP contribution in [0.3, 0.4) is 0 Å². The quantitative estimate of drug-likeness (QED) is 0.556. The van der Waals surface area contributed by atoms with Crippen molar-refractivity contribution in [1.29, 1.82) is 0 Å². The summed E-state index contributed by atoms with van der Waals surface area (Å²) in [5, 5.41) is 17.5. The second-order valence-electron chi connectivity index (χ2n) is 7.66. The van der Waals surface area contributed by atoms with Crippen molar-refractivity contribution in [1.82, 2.24) is 10.6 Å².